The molecule has 4 fully saturated rings. The molecule has 0 spiro atoms. The molecule has 0 unspecified atom stereocenters. The van der Waals surface area contributed by atoms with Crippen LogP contribution in [-0.2, 0) is 47.5 Å². The highest BCUT2D eigenvalue weighted by atomic mass is 32.1. The minimum atomic E-state index is -0.678. The highest BCUT2D eigenvalue weighted by molar-refractivity contribution is 7.15. The number of ketones is 1. The second-order valence-electron chi connectivity index (χ2n) is 18.8. The lowest BCUT2D eigenvalue weighted by Gasteiger charge is -2.44. The third-order valence-corrected chi connectivity index (χ3v) is 16.3. The number of ether oxygens (including phenoxy) is 8. The maximum atomic E-state index is 15.2. The number of Topliss-reactive ketones (excluding diaryl/α,β-unsaturated/α-hetero) is 1. The van der Waals surface area contributed by atoms with Crippen molar-refractivity contribution in [3.05, 3.63) is 46.5 Å². The number of aromatic hydroxyl groups is 1. The van der Waals surface area contributed by atoms with Crippen LogP contribution in [0, 0.1) is 23.7 Å². The van der Waals surface area contributed by atoms with Crippen LogP contribution in [0.5, 0.6) is 5.75 Å². The number of allylic oxidation sites excluding steroid dienone is 2. The van der Waals surface area contributed by atoms with Gasteiger partial charge in [-0.15, -0.1) is 11.3 Å². The Hall–Kier alpha value is -2.79. The van der Waals surface area contributed by atoms with E-state index in [4.69, 9.17) is 42.9 Å². The Labute approximate surface area is 371 Å². The summed E-state index contributed by atoms with van der Waals surface area (Å²) in [7, 11) is 9.12. The quantitative estimate of drug-likeness (QED) is 0.237. The number of cyclic esters (lactones) is 1. The van der Waals surface area contributed by atoms with Crippen molar-refractivity contribution >= 4 is 23.1 Å². The van der Waals surface area contributed by atoms with Gasteiger partial charge in [0.15, 0.2) is 18.4 Å². The standard InChI is InChI=1S/C48H68N2O11S/c1-10-29-12-11-13-37(61-39-19-18-36(50(5)6)25(3)57-39)24(2)42(53)34-22-32-31-20-30(60-48-45(56-9)44(55-8)43(54-7)26(4)58-48)21-35(31)46-41(40(32)33(34)23-38(52)59-29)49-47(62-46)27-14-16-28(51)17-15-27/h14-17,22,24-26,29-33,35-37,39-40,43-45,48,51H,10-13,18-21,23H2,1-9H3/t24-,25-,26+,29+,30+,31+,32+,33-,35-,36+,37+,39+,40-,43+,44-,45-,48+/m1/s1. The minimum Gasteiger partial charge on any atom is -0.508 e. The normalized spacial score (nSPS) is 40.1. The number of carbonyl (C=O) groups is 2. The summed E-state index contributed by atoms with van der Waals surface area (Å²) >= 11 is 1.67. The molecule has 17 atom stereocenters. The Kier molecular flexibility index (Phi) is 14.3. The monoisotopic (exact) mass is 880 g/mol. The Morgan fingerprint density at radius 2 is 1.61 bits per heavy atom. The molecule has 6 aliphatic rings. The zero-order chi connectivity index (χ0) is 44.0. The molecule has 8 rings (SSSR count). The summed E-state index contributed by atoms with van der Waals surface area (Å²) in [6.07, 6.45) is 4.95. The Morgan fingerprint density at radius 1 is 0.871 bits per heavy atom. The van der Waals surface area contributed by atoms with Crippen molar-refractivity contribution < 1.29 is 52.6 Å². The Balaban J connectivity index is 1.14. The molecule has 4 heterocycles. The number of likely N-dealkylation sites (N-methyl/N-ethyl adjacent to an activating group) is 1. The van der Waals surface area contributed by atoms with Crippen molar-refractivity contribution in [1.82, 2.24) is 9.88 Å². The van der Waals surface area contributed by atoms with E-state index in [9.17, 15) is 9.90 Å². The van der Waals surface area contributed by atoms with Gasteiger partial charge < -0.3 is 47.9 Å². The third kappa shape index (κ3) is 8.94. The van der Waals surface area contributed by atoms with Gasteiger partial charge in [-0.25, -0.2) is 4.98 Å². The maximum Gasteiger partial charge on any atom is 0.306 e. The molecule has 13 nitrogen and oxygen atoms in total. The van der Waals surface area contributed by atoms with E-state index in [2.05, 4.69) is 38.9 Å². The molecule has 3 saturated heterocycles. The zero-order valence-electron chi connectivity index (χ0n) is 37.9. The molecule has 1 aromatic carbocycles. The fourth-order valence-electron chi connectivity index (χ4n) is 11.8. The zero-order valence-corrected chi connectivity index (χ0v) is 38.7. The topological polar surface area (TPSA) is 144 Å². The lowest BCUT2D eigenvalue weighted by Crippen LogP contribution is -2.59. The number of benzene rings is 1. The van der Waals surface area contributed by atoms with Gasteiger partial charge in [0, 0.05) is 61.5 Å². The first-order chi connectivity index (χ1) is 29.8. The molecule has 0 amide bonds. The molecule has 0 bridgehead atoms. The van der Waals surface area contributed by atoms with Gasteiger partial charge in [-0.2, -0.15) is 0 Å². The summed E-state index contributed by atoms with van der Waals surface area (Å²) in [5.74, 6) is -1.00. The van der Waals surface area contributed by atoms with Crippen LogP contribution in [-0.4, -0.2) is 130 Å². The van der Waals surface area contributed by atoms with Gasteiger partial charge in [-0.05, 0) is 121 Å². The summed E-state index contributed by atoms with van der Waals surface area (Å²) in [4.78, 5) is 38.0. The van der Waals surface area contributed by atoms with Crippen LogP contribution in [0.4, 0.5) is 0 Å². The number of phenolic OH excluding ortho intramolecular Hbond substituents is 1. The number of rotatable bonds is 10. The smallest absolute Gasteiger partial charge is 0.306 e. The summed E-state index contributed by atoms with van der Waals surface area (Å²) in [5.41, 5.74) is 2.54. The van der Waals surface area contributed by atoms with Crippen LogP contribution in [0.1, 0.15) is 108 Å². The van der Waals surface area contributed by atoms with E-state index in [0.29, 0.717) is 30.9 Å². The number of thiazole rings is 1. The lowest BCUT2D eigenvalue weighted by atomic mass is 9.67. The summed E-state index contributed by atoms with van der Waals surface area (Å²) in [5, 5.41) is 11.0. The molecule has 62 heavy (non-hydrogen) atoms. The van der Waals surface area contributed by atoms with Gasteiger partial charge in [-0.1, -0.05) is 19.9 Å². The molecule has 1 saturated carbocycles. The molecule has 1 aromatic heterocycles. The van der Waals surface area contributed by atoms with E-state index in [1.807, 2.05) is 26.0 Å². The van der Waals surface area contributed by atoms with E-state index < -0.39 is 30.5 Å². The number of carbonyl (C=O) groups excluding carboxylic acids is 2. The van der Waals surface area contributed by atoms with Crippen molar-refractivity contribution in [3.63, 3.8) is 0 Å². The highest BCUT2D eigenvalue weighted by Crippen LogP contribution is 2.63. The van der Waals surface area contributed by atoms with Crippen molar-refractivity contribution in [3.8, 4) is 16.3 Å². The Bertz CT molecular complexity index is 1900. The predicted octanol–water partition coefficient (Wildman–Crippen LogP) is 7.40. The van der Waals surface area contributed by atoms with Crippen LogP contribution in [0.25, 0.3) is 10.6 Å². The SMILES string of the molecule is CC[C@H]1CCC[C@H](O[C@H]2CC[C@H](N(C)C)[C@@H](C)O2)[C@@H](C)C(=O)C2=C[C@H]3[C@@H]4C[C@H](O[C@@H]5O[C@@H](C)[C@H](OC)[C@@H](OC)[C@H]5OC)C[C@H]4c4sc(-c5ccc(O)cc5)nc4[C@H]3[C@@H]2CC(=O)O1. The van der Waals surface area contributed by atoms with Gasteiger partial charge in [0.05, 0.1) is 36.5 Å². The molecule has 3 aliphatic heterocycles. The summed E-state index contributed by atoms with van der Waals surface area (Å²) in [6.45, 7) is 8.13. The van der Waals surface area contributed by atoms with Crippen LogP contribution in [0.3, 0.4) is 0 Å². The van der Waals surface area contributed by atoms with Crippen LogP contribution >= 0.6 is 11.3 Å². The van der Waals surface area contributed by atoms with Crippen molar-refractivity contribution in [2.24, 2.45) is 23.7 Å². The minimum absolute atomic E-state index is 0.00184. The fourth-order valence-corrected chi connectivity index (χ4v) is 13.1. The number of hydrogen-bond donors (Lipinski definition) is 1. The predicted molar refractivity (Wildman–Crippen MR) is 233 cm³/mol. The van der Waals surface area contributed by atoms with E-state index in [1.165, 1.54) is 4.88 Å². The van der Waals surface area contributed by atoms with Crippen molar-refractivity contribution in [1.29, 1.82) is 0 Å². The van der Waals surface area contributed by atoms with Gasteiger partial charge in [0.2, 0.25) is 0 Å². The van der Waals surface area contributed by atoms with Crippen LogP contribution in [0.15, 0.2) is 35.9 Å². The van der Waals surface area contributed by atoms with Crippen molar-refractivity contribution in [2.45, 2.75) is 165 Å². The largest absolute Gasteiger partial charge is 0.508 e. The molecular formula is C48H68N2O11S. The second kappa shape index (κ2) is 19.4. The summed E-state index contributed by atoms with van der Waals surface area (Å²) < 4.78 is 50.5. The first kappa shape index (κ1) is 45.8. The van der Waals surface area contributed by atoms with Crippen LogP contribution in [0.2, 0.25) is 0 Å². The van der Waals surface area contributed by atoms with E-state index in [0.717, 1.165) is 48.4 Å². The Morgan fingerprint density at radius 3 is 2.29 bits per heavy atom. The highest BCUT2D eigenvalue weighted by Gasteiger charge is 2.57. The van der Waals surface area contributed by atoms with Gasteiger partial charge in [-0.3, -0.25) is 9.59 Å². The van der Waals surface area contributed by atoms with E-state index >= 15 is 4.79 Å². The third-order valence-electron chi connectivity index (χ3n) is 15.0. The molecule has 342 valence electrons. The molecule has 3 aliphatic carbocycles. The van der Waals surface area contributed by atoms with Crippen molar-refractivity contribution in [2.75, 3.05) is 35.4 Å². The van der Waals surface area contributed by atoms with E-state index in [1.54, 1.807) is 44.8 Å². The van der Waals surface area contributed by atoms with E-state index in [-0.39, 0.29) is 90.3 Å². The number of fused-ring (bicyclic) bond motifs is 8. The average Bonchev–Trinajstić information content (AvgIpc) is 3.97. The van der Waals surface area contributed by atoms with Gasteiger partial charge >= 0.3 is 5.97 Å². The first-order valence-electron chi connectivity index (χ1n) is 23.0. The number of nitrogens with zero attached hydrogens (tertiary/aromatic N) is 2. The first-order valence-corrected chi connectivity index (χ1v) is 23.8. The lowest BCUT2D eigenvalue weighted by molar-refractivity contribution is -0.314. The summed E-state index contributed by atoms with van der Waals surface area (Å²) in [6, 6.07) is 7.44. The number of esters is 1. The molecule has 1 N–H and O–H groups in total. The number of methoxy groups -OCH3 is 3. The fraction of sp³-hybridized carbons (Fsp3) is 0.729. The molecule has 0 radical (unpaired) electrons. The molecule has 14 heteroatoms. The second-order valence-corrected chi connectivity index (χ2v) is 19.8. The van der Waals surface area contributed by atoms with Crippen LogP contribution < -0.4 is 0 Å². The number of hydrogen-bond acceptors (Lipinski definition) is 14. The van der Waals surface area contributed by atoms with Gasteiger partial charge in [0.1, 0.15) is 35.2 Å². The van der Waals surface area contributed by atoms with Gasteiger partial charge in [0.25, 0.3) is 0 Å². The molecular weight excluding hydrogens is 813 g/mol. The maximum absolute atomic E-state index is 15.2. The number of phenols is 1. The number of aromatic nitrogens is 1. The molecule has 2 aromatic rings. The average molecular weight is 881 g/mol.